The van der Waals surface area contributed by atoms with Gasteiger partial charge in [-0.1, -0.05) is 71.4 Å². The number of nitrogens with zero attached hydrogens (tertiary/aromatic N) is 1. The molecular formula is C27H24N2O3S. The minimum Gasteiger partial charge on any atom is -0.486 e. The number of carbonyl (C=O) groups excluding carboxylic acids is 1. The molecule has 5 rings (SSSR count). The third kappa shape index (κ3) is 4.66. The maximum absolute atomic E-state index is 12.9. The Kier molecular flexibility index (Phi) is 5.92. The zero-order valence-electron chi connectivity index (χ0n) is 18.6. The SMILES string of the molecule is Cc1ccc(-c2nc(SCC(=O)c3ccc4c(c3)OCCO4)[nH]c2-c2ccc(C)cc2)cc1. The number of Topliss-reactive ketones (excluding diaryl/α,β-unsaturated/α-hetero) is 1. The largest absolute Gasteiger partial charge is 0.486 e. The van der Waals surface area contributed by atoms with Crippen LogP contribution in [-0.4, -0.2) is 34.7 Å². The van der Waals surface area contributed by atoms with Gasteiger partial charge in [-0.25, -0.2) is 4.98 Å². The molecule has 166 valence electrons. The lowest BCUT2D eigenvalue weighted by Crippen LogP contribution is -2.16. The monoisotopic (exact) mass is 456 g/mol. The molecule has 0 bridgehead atoms. The van der Waals surface area contributed by atoms with E-state index in [0.29, 0.717) is 35.4 Å². The molecule has 6 heteroatoms. The fourth-order valence-electron chi connectivity index (χ4n) is 3.70. The van der Waals surface area contributed by atoms with Crippen LogP contribution in [0.15, 0.2) is 71.9 Å². The topological polar surface area (TPSA) is 64.2 Å². The van der Waals surface area contributed by atoms with E-state index in [-0.39, 0.29) is 11.5 Å². The average molecular weight is 457 g/mol. The Balaban J connectivity index is 1.40. The van der Waals surface area contributed by atoms with E-state index < -0.39 is 0 Å². The molecule has 1 N–H and O–H groups in total. The van der Waals surface area contributed by atoms with Crippen molar-refractivity contribution in [1.82, 2.24) is 9.97 Å². The van der Waals surface area contributed by atoms with Crippen LogP contribution in [0.25, 0.3) is 22.5 Å². The lowest BCUT2D eigenvalue weighted by molar-refractivity contribution is 0.102. The lowest BCUT2D eigenvalue weighted by atomic mass is 10.0. The Morgan fingerprint density at radius 1 is 0.879 bits per heavy atom. The molecular weight excluding hydrogens is 432 g/mol. The maximum atomic E-state index is 12.9. The zero-order chi connectivity index (χ0) is 22.8. The zero-order valence-corrected chi connectivity index (χ0v) is 19.4. The fraction of sp³-hybridized carbons (Fsp3) is 0.185. The number of nitrogens with one attached hydrogen (secondary N) is 1. The second-order valence-electron chi connectivity index (χ2n) is 8.07. The molecule has 0 unspecified atom stereocenters. The van der Waals surface area contributed by atoms with Crippen molar-refractivity contribution < 1.29 is 14.3 Å². The third-order valence-corrected chi connectivity index (χ3v) is 6.42. The molecule has 0 radical (unpaired) electrons. The number of thioether (sulfide) groups is 1. The highest BCUT2D eigenvalue weighted by molar-refractivity contribution is 7.99. The number of ether oxygens (including phenoxy) is 2. The number of carbonyl (C=O) groups is 1. The van der Waals surface area contributed by atoms with Crippen molar-refractivity contribution >= 4 is 17.5 Å². The van der Waals surface area contributed by atoms with Gasteiger partial charge in [-0.05, 0) is 32.0 Å². The van der Waals surface area contributed by atoms with Gasteiger partial charge in [-0.15, -0.1) is 0 Å². The van der Waals surface area contributed by atoms with Crippen molar-refractivity contribution in [3.05, 3.63) is 83.4 Å². The number of rotatable bonds is 6. The second-order valence-corrected chi connectivity index (χ2v) is 9.03. The number of hydrogen-bond acceptors (Lipinski definition) is 5. The minimum absolute atomic E-state index is 0.0159. The van der Waals surface area contributed by atoms with E-state index in [4.69, 9.17) is 14.5 Å². The van der Waals surface area contributed by atoms with Crippen LogP contribution < -0.4 is 9.47 Å². The van der Waals surface area contributed by atoms with Crippen LogP contribution in [0, 0.1) is 13.8 Å². The van der Waals surface area contributed by atoms with Crippen LogP contribution in [0.5, 0.6) is 11.5 Å². The molecule has 1 aliphatic heterocycles. The maximum Gasteiger partial charge on any atom is 0.173 e. The Morgan fingerprint density at radius 3 is 2.21 bits per heavy atom. The number of hydrogen-bond donors (Lipinski definition) is 1. The highest BCUT2D eigenvalue weighted by Gasteiger charge is 2.18. The molecule has 0 saturated heterocycles. The predicted molar refractivity (Wildman–Crippen MR) is 131 cm³/mol. The Labute approximate surface area is 197 Å². The van der Waals surface area contributed by atoms with Crippen molar-refractivity contribution in [3.63, 3.8) is 0 Å². The first-order chi connectivity index (χ1) is 16.1. The number of H-pyrrole nitrogens is 1. The first-order valence-corrected chi connectivity index (χ1v) is 11.8. The van der Waals surface area contributed by atoms with Crippen molar-refractivity contribution in [1.29, 1.82) is 0 Å². The molecule has 1 aromatic heterocycles. The fourth-order valence-corrected chi connectivity index (χ4v) is 4.47. The van der Waals surface area contributed by atoms with Crippen LogP contribution in [0.2, 0.25) is 0 Å². The first-order valence-electron chi connectivity index (χ1n) is 10.9. The molecule has 1 aliphatic rings. The molecule has 0 fully saturated rings. The number of ketones is 1. The minimum atomic E-state index is 0.0159. The lowest BCUT2D eigenvalue weighted by Gasteiger charge is -2.18. The smallest absolute Gasteiger partial charge is 0.173 e. The molecule has 0 atom stereocenters. The van der Waals surface area contributed by atoms with Gasteiger partial charge in [-0.3, -0.25) is 4.79 Å². The van der Waals surface area contributed by atoms with Gasteiger partial charge >= 0.3 is 0 Å². The summed E-state index contributed by atoms with van der Waals surface area (Å²) >= 11 is 1.40. The van der Waals surface area contributed by atoms with Gasteiger partial charge in [0.1, 0.15) is 13.2 Å². The van der Waals surface area contributed by atoms with E-state index in [0.717, 1.165) is 22.5 Å². The standard InChI is InChI=1S/C27H24N2O3S/c1-17-3-7-19(8-4-17)25-26(20-9-5-18(2)6-10-20)29-27(28-25)33-16-22(30)21-11-12-23-24(15-21)32-14-13-31-23/h3-12,15H,13-14,16H2,1-2H3,(H,28,29). The van der Waals surface area contributed by atoms with Crippen LogP contribution in [0.3, 0.4) is 0 Å². The van der Waals surface area contributed by atoms with Crippen LogP contribution in [-0.2, 0) is 0 Å². The summed E-state index contributed by atoms with van der Waals surface area (Å²) in [5, 5.41) is 0.715. The molecule has 0 aliphatic carbocycles. The van der Waals surface area contributed by atoms with Gasteiger partial charge in [0.15, 0.2) is 22.4 Å². The number of benzene rings is 3. The number of aromatic amines is 1. The molecule has 2 heterocycles. The van der Waals surface area contributed by atoms with Gasteiger partial charge in [0.05, 0.1) is 17.1 Å². The summed E-state index contributed by atoms with van der Waals surface area (Å²) in [6.07, 6.45) is 0. The number of aryl methyl sites for hydroxylation is 2. The van der Waals surface area contributed by atoms with E-state index >= 15 is 0 Å². The molecule has 3 aromatic carbocycles. The van der Waals surface area contributed by atoms with E-state index in [1.165, 1.54) is 22.9 Å². The van der Waals surface area contributed by atoms with E-state index in [2.05, 4.69) is 67.4 Å². The summed E-state index contributed by atoms with van der Waals surface area (Å²) in [6, 6.07) is 22.0. The van der Waals surface area contributed by atoms with E-state index in [9.17, 15) is 4.79 Å². The summed E-state index contributed by atoms with van der Waals surface area (Å²) in [4.78, 5) is 21.1. The number of imidazole rings is 1. The molecule has 4 aromatic rings. The molecule has 33 heavy (non-hydrogen) atoms. The van der Waals surface area contributed by atoms with Gasteiger partial charge < -0.3 is 14.5 Å². The predicted octanol–water partition coefficient (Wildman–Crippen LogP) is 6.11. The van der Waals surface area contributed by atoms with Crippen LogP contribution in [0.4, 0.5) is 0 Å². The van der Waals surface area contributed by atoms with E-state index in [1.807, 2.05) is 0 Å². The van der Waals surface area contributed by atoms with Crippen molar-refractivity contribution in [3.8, 4) is 34.0 Å². The Bertz CT molecular complexity index is 1230. The normalized spacial score (nSPS) is 12.5. The van der Waals surface area contributed by atoms with E-state index in [1.54, 1.807) is 18.2 Å². The van der Waals surface area contributed by atoms with Gasteiger partial charge in [0.2, 0.25) is 0 Å². The molecule has 5 nitrogen and oxygen atoms in total. The second kappa shape index (κ2) is 9.16. The van der Waals surface area contributed by atoms with Crippen LogP contribution in [0.1, 0.15) is 21.5 Å². The Morgan fingerprint density at radius 2 is 1.52 bits per heavy atom. The third-order valence-electron chi connectivity index (χ3n) is 5.55. The first kappa shape index (κ1) is 21.3. The van der Waals surface area contributed by atoms with Crippen LogP contribution >= 0.6 is 11.8 Å². The summed E-state index contributed by atoms with van der Waals surface area (Å²) in [5.41, 5.74) is 6.95. The molecule has 0 amide bonds. The van der Waals surface area contributed by atoms with Gasteiger partial charge in [-0.2, -0.15) is 0 Å². The number of fused-ring (bicyclic) bond motifs is 1. The quantitative estimate of drug-likeness (QED) is 0.280. The highest BCUT2D eigenvalue weighted by atomic mass is 32.2. The molecule has 0 saturated carbocycles. The van der Waals surface area contributed by atoms with Gasteiger partial charge in [0.25, 0.3) is 0 Å². The van der Waals surface area contributed by atoms with Crippen molar-refractivity contribution in [2.45, 2.75) is 19.0 Å². The number of aromatic nitrogens is 2. The summed E-state index contributed by atoms with van der Waals surface area (Å²) in [7, 11) is 0. The summed E-state index contributed by atoms with van der Waals surface area (Å²) in [5.74, 6) is 1.59. The van der Waals surface area contributed by atoms with Crippen molar-refractivity contribution in [2.24, 2.45) is 0 Å². The molecule has 0 spiro atoms. The Hall–Kier alpha value is -3.51. The summed E-state index contributed by atoms with van der Waals surface area (Å²) < 4.78 is 11.2. The van der Waals surface area contributed by atoms with Gasteiger partial charge in [0, 0.05) is 16.7 Å². The van der Waals surface area contributed by atoms with Crippen molar-refractivity contribution in [2.75, 3.05) is 19.0 Å². The summed E-state index contributed by atoms with van der Waals surface area (Å²) in [6.45, 7) is 5.17. The highest BCUT2D eigenvalue weighted by Crippen LogP contribution is 2.34. The average Bonchev–Trinajstić information content (AvgIpc) is 3.27.